The number of urea groups is 1. The lowest BCUT2D eigenvalue weighted by atomic mass is 9.84. The molecule has 2 heterocycles. The van der Waals surface area contributed by atoms with Crippen molar-refractivity contribution in [3.05, 3.63) is 0 Å². The number of nitrogens with two attached hydrogens (primary N) is 1. The highest BCUT2D eigenvalue weighted by Gasteiger charge is 2.46. The van der Waals surface area contributed by atoms with Gasteiger partial charge in [-0.2, -0.15) is 0 Å². The van der Waals surface area contributed by atoms with E-state index >= 15 is 0 Å². The van der Waals surface area contributed by atoms with Crippen LogP contribution in [0.3, 0.4) is 0 Å². The van der Waals surface area contributed by atoms with E-state index in [1.807, 2.05) is 6.92 Å². The standard InChI is InChI=1S/C13H21N3O5/c1-2-13(11(18)19)3-4-15(8-13)12(20)16-5-6-21-7-9(16)10(14)17/h9H,2-8H2,1H3,(H2,14,17)(H,18,19). The largest absolute Gasteiger partial charge is 0.481 e. The molecular weight excluding hydrogens is 278 g/mol. The van der Waals surface area contributed by atoms with Gasteiger partial charge in [-0.1, -0.05) is 6.92 Å². The van der Waals surface area contributed by atoms with Crippen molar-refractivity contribution in [2.75, 3.05) is 32.8 Å². The van der Waals surface area contributed by atoms with Crippen LogP contribution in [0.25, 0.3) is 0 Å². The molecule has 0 aromatic heterocycles. The number of likely N-dealkylation sites (tertiary alicyclic amines) is 1. The molecule has 2 atom stereocenters. The van der Waals surface area contributed by atoms with Gasteiger partial charge in [-0.15, -0.1) is 0 Å². The molecule has 2 aliphatic rings. The van der Waals surface area contributed by atoms with Gasteiger partial charge in [0.2, 0.25) is 5.91 Å². The van der Waals surface area contributed by atoms with Gasteiger partial charge in [-0.3, -0.25) is 9.59 Å². The highest BCUT2D eigenvalue weighted by Crippen LogP contribution is 2.34. The summed E-state index contributed by atoms with van der Waals surface area (Å²) in [6.07, 6.45) is 0.893. The number of aliphatic carboxylic acids is 1. The summed E-state index contributed by atoms with van der Waals surface area (Å²) in [6.45, 7) is 3.08. The Hall–Kier alpha value is -1.83. The zero-order valence-electron chi connectivity index (χ0n) is 12.1. The number of ether oxygens (including phenoxy) is 1. The van der Waals surface area contributed by atoms with E-state index in [1.165, 1.54) is 9.80 Å². The van der Waals surface area contributed by atoms with E-state index in [0.717, 1.165) is 0 Å². The predicted octanol–water partition coefficient (Wildman–Crippen LogP) is -0.521. The Morgan fingerprint density at radius 1 is 1.38 bits per heavy atom. The quantitative estimate of drug-likeness (QED) is 0.728. The molecule has 0 aromatic rings. The normalized spacial score (nSPS) is 29.5. The molecule has 3 amide bonds. The highest BCUT2D eigenvalue weighted by atomic mass is 16.5. The lowest BCUT2D eigenvalue weighted by Crippen LogP contribution is -2.58. The van der Waals surface area contributed by atoms with Crippen LogP contribution in [0.5, 0.6) is 0 Å². The number of morpholine rings is 1. The van der Waals surface area contributed by atoms with E-state index in [2.05, 4.69) is 0 Å². The molecule has 3 N–H and O–H groups in total. The molecular formula is C13H21N3O5. The molecule has 2 rings (SSSR count). The van der Waals surface area contributed by atoms with E-state index in [-0.39, 0.29) is 25.7 Å². The maximum Gasteiger partial charge on any atom is 0.320 e. The maximum absolute atomic E-state index is 12.5. The zero-order valence-corrected chi connectivity index (χ0v) is 12.1. The van der Waals surface area contributed by atoms with Crippen molar-refractivity contribution in [1.82, 2.24) is 9.80 Å². The van der Waals surface area contributed by atoms with E-state index < -0.39 is 23.3 Å². The SMILES string of the molecule is CCC1(C(=O)O)CCN(C(=O)N2CCOCC2C(N)=O)C1. The molecule has 8 nitrogen and oxygen atoms in total. The Morgan fingerprint density at radius 2 is 2.10 bits per heavy atom. The summed E-state index contributed by atoms with van der Waals surface area (Å²) in [5.74, 6) is -1.49. The van der Waals surface area contributed by atoms with Crippen LogP contribution in [0.15, 0.2) is 0 Å². The second-order valence-electron chi connectivity index (χ2n) is 5.58. The van der Waals surface area contributed by atoms with E-state index in [4.69, 9.17) is 10.5 Å². The summed E-state index contributed by atoms with van der Waals surface area (Å²) < 4.78 is 5.18. The van der Waals surface area contributed by atoms with Gasteiger partial charge in [0.05, 0.1) is 18.6 Å². The highest BCUT2D eigenvalue weighted by molar-refractivity contribution is 5.87. The minimum absolute atomic E-state index is 0.0900. The summed E-state index contributed by atoms with van der Waals surface area (Å²) in [5, 5.41) is 9.37. The molecule has 2 saturated heterocycles. The number of amides is 3. The second-order valence-corrected chi connectivity index (χ2v) is 5.58. The number of hydrogen-bond donors (Lipinski definition) is 2. The molecule has 0 aromatic carbocycles. The Bertz CT molecular complexity index is 455. The Kier molecular flexibility index (Phi) is 4.36. The van der Waals surface area contributed by atoms with Crippen LogP contribution >= 0.6 is 0 Å². The molecule has 2 fully saturated rings. The molecule has 21 heavy (non-hydrogen) atoms. The molecule has 0 saturated carbocycles. The number of hydrogen-bond acceptors (Lipinski definition) is 4. The smallest absolute Gasteiger partial charge is 0.320 e. The first-order chi connectivity index (χ1) is 9.91. The van der Waals surface area contributed by atoms with Crippen LogP contribution in [-0.4, -0.2) is 71.7 Å². The molecule has 2 aliphatic heterocycles. The van der Waals surface area contributed by atoms with Gasteiger partial charge >= 0.3 is 12.0 Å². The number of carboxylic acids is 1. The Balaban J connectivity index is 2.10. The first-order valence-corrected chi connectivity index (χ1v) is 7.07. The van der Waals surface area contributed by atoms with Gasteiger partial charge in [0, 0.05) is 19.6 Å². The predicted molar refractivity (Wildman–Crippen MR) is 72.5 cm³/mol. The number of carbonyl (C=O) groups excluding carboxylic acids is 2. The van der Waals surface area contributed by atoms with Gasteiger partial charge in [-0.05, 0) is 12.8 Å². The number of carboxylic acid groups (broad SMARTS) is 1. The van der Waals surface area contributed by atoms with Crippen molar-refractivity contribution in [1.29, 1.82) is 0 Å². The summed E-state index contributed by atoms with van der Waals surface area (Å²) in [6, 6.07) is -1.12. The molecule has 2 unspecified atom stereocenters. The fourth-order valence-electron chi connectivity index (χ4n) is 2.90. The number of carbonyl (C=O) groups is 3. The first-order valence-electron chi connectivity index (χ1n) is 7.07. The monoisotopic (exact) mass is 299 g/mol. The van der Waals surface area contributed by atoms with E-state index in [9.17, 15) is 19.5 Å². The van der Waals surface area contributed by atoms with E-state index in [1.54, 1.807) is 0 Å². The summed E-state index contributed by atoms with van der Waals surface area (Å²) in [5.41, 5.74) is 4.41. The van der Waals surface area contributed by atoms with Crippen LogP contribution in [0, 0.1) is 5.41 Å². The summed E-state index contributed by atoms with van der Waals surface area (Å²) >= 11 is 0. The molecule has 118 valence electrons. The lowest BCUT2D eigenvalue weighted by Gasteiger charge is -2.36. The van der Waals surface area contributed by atoms with E-state index in [0.29, 0.717) is 26.0 Å². The average molecular weight is 299 g/mol. The number of nitrogens with zero attached hydrogens (tertiary/aromatic N) is 2. The number of primary amides is 1. The van der Waals surface area contributed by atoms with Crippen LogP contribution in [0.1, 0.15) is 19.8 Å². The van der Waals surface area contributed by atoms with Gasteiger partial charge in [0.1, 0.15) is 6.04 Å². The summed E-state index contributed by atoms with van der Waals surface area (Å²) in [7, 11) is 0. The third kappa shape index (κ3) is 2.80. The molecule has 8 heteroatoms. The molecule has 0 bridgehead atoms. The lowest BCUT2D eigenvalue weighted by molar-refractivity contribution is -0.148. The van der Waals surface area contributed by atoms with Crippen molar-refractivity contribution in [2.24, 2.45) is 11.1 Å². The van der Waals surface area contributed by atoms with Crippen LogP contribution in [-0.2, 0) is 14.3 Å². The Labute approximate surface area is 122 Å². The fraction of sp³-hybridized carbons (Fsp3) is 0.769. The molecule has 0 spiro atoms. The van der Waals surface area contributed by atoms with Crippen LogP contribution in [0.4, 0.5) is 4.79 Å². The fourth-order valence-corrected chi connectivity index (χ4v) is 2.90. The van der Waals surface area contributed by atoms with Crippen molar-refractivity contribution < 1.29 is 24.2 Å². The van der Waals surface area contributed by atoms with Gasteiger partial charge < -0.3 is 25.4 Å². The van der Waals surface area contributed by atoms with Crippen LogP contribution in [0.2, 0.25) is 0 Å². The Morgan fingerprint density at radius 3 is 2.62 bits per heavy atom. The average Bonchev–Trinajstić information content (AvgIpc) is 2.92. The van der Waals surface area contributed by atoms with Crippen molar-refractivity contribution in [3.8, 4) is 0 Å². The van der Waals surface area contributed by atoms with Crippen molar-refractivity contribution in [3.63, 3.8) is 0 Å². The number of rotatable bonds is 3. The van der Waals surface area contributed by atoms with Crippen LogP contribution < -0.4 is 5.73 Å². The molecule has 0 aliphatic carbocycles. The minimum atomic E-state index is -0.885. The second kappa shape index (κ2) is 5.88. The van der Waals surface area contributed by atoms with Crippen molar-refractivity contribution >= 4 is 17.9 Å². The molecule has 0 radical (unpaired) electrons. The van der Waals surface area contributed by atoms with Gasteiger partial charge in [0.15, 0.2) is 0 Å². The zero-order chi connectivity index (χ0) is 15.6. The maximum atomic E-state index is 12.5. The van der Waals surface area contributed by atoms with Gasteiger partial charge in [-0.25, -0.2) is 4.79 Å². The first kappa shape index (κ1) is 15.6. The minimum Gasteiger partial charge on any atom is -0.481 e. The third-order valence-electron chi connectivity index (χ3n) is 4.46. The topological polar surface area (TPSA) is 113 Å². The third-order valence-corrected chi connectivity index (χ3v) is 4.46. The van der Waals surface area contributed by atoms with Gasteiger partial charge in [0.25, 0.3) is 0 Å². The van der Waals surface area contributed by atoms with Crippen molar-refractivity contribution in [2.45, 2.75) is 25.8 Å². The summed E-state index contributed by atoms with van der Waals surface area (Å²) in [4.78, 5) is 38.3.